The van der Waals surface area contributed by atoms with E-state index < -0.39 is 12.3 Å². The minimum Gasteiger partial charge on any atom is -0.369 e. The second-order valence-electron chi connectivity index (χ2n) is 8.38. The number of nitrogens with zero attached hydrogens (tertiary/aromatic N) is 7. The van der Waals surface area contributed by atoms with Gasteiger partial charge in [0.15, 0.2) is 5.78 Å². The van der Waals surface area contributed by atoms with Gasteiger partial charge in [0.25, 0.3) is 0 Å². The maximum Gasteiger partial charge on any atom is 0.245 e. The van der Waals surface area contributed by atoms with Crippen LogP contribution >= 0.6 is 11.3 Å². The van der Waals surface area contributed by atoms with E-state index in [1.165, 1.54) is 18.4 Å². The molecule has 3 aromatic rings. The molecule has 4 heterocycles. The van der Waals surface area contributed by atoms with Gasteiger partial charge in [0.05, 0.1) is 31.9 Å². The van der Waals surface area contributed by atoms with Crippen LogP contribution < -0.4 is 15.1 Å². The number of benzene rings is 1. The van der Waals surface area contributed by atoms with Crippen LogP contribution in [-0.2, 0) is 16.0 Å². The van der Waals surface area contributed by atoms with Crippen molar-refractivity contribution in [3.05, 3.63) is 47.2 Å². The molecule has 0 spiro atoms. The number of Topliss-reactive ketones (excluding diaryl/α,β-unsaturated/α-hetero) is 1. The maximum absolute atomic E-state index is 13.2. The number of nitrogens with one attached hydrogen (secondary N) is 1. The molecular formula is C22H25FN8O2S. The summed E-state index contributed by atoms with van der Waals surface area (Å²) >= 11 is 1.37. The van der Waals surface area contributed by atoms with Crippen molar-refractivity contribution in [1.29, 1.82) is 0 Å². The van der Waals surface area contributed by atoms with Gasteiger partial charge in [-0.3, -0.25) is 4.79 Å². The molecule has 12 heteroatoms. The Balaban J connectivity index is 1.18. The number of rotatable bonds is 9. The summed E-state index contributed by atoms with van der Waals surface area (Å²) in [6, 6.07) is 7.71. The van der Waals surface area contributed by atoms with Gasteiger partial charge in [0.1, 0.15) is 17.3 Å². The summed E-state index contributed by atoms with van der Waals surface area (Å²) in [5.41, 5.74) is 1.64. The Morgan fingerprint density at radius 2 is 2.12 bits per heavy atom. The van der Waals surface area contributed by atoms with Gasteiger partial charge in [-0.1, -0.05) is 23.5 Å². The van der Waals surface area contributed by atoms with Crippen LogP contribution in [0, 0.1) is 0 Å². The minimum atomic E-state index is -0.792. The monoisotopic (exact) mass is 484 g/mol. The molecular weight excluding hydrogens is 459 g/mol. The molecule has 0 saturated carbocycles. The molecule has 2 atom stereocenters. The van der Waals surface area contributed by atoms with Crippen LogP contribution in [0.5, 0.6) is 0 Å². The van der Waals surface area contributed by atoms with E-state index in [2.05, 4.69) is 35.6 Å². The highest BCUT2D eigenvalue weighted by molar-refractivity contribution is 7.15. The van der Waals surface area contributed by atoms with Crippen LogP contribution in [-0.4, -0.2) is 76.7 Å². The number of ether oxygens (including phenoxy) is 1. The van der Waals surface area contributed by atoms with E-state index in [4.69, 9.17) is 4.74 Å². The molecule has 2 aliphatic heterocycles. The van der Waals surface area contributed by atoms with Crippen LogP contribution in [0.4, 0.5) is 21.2 Å². The fourth-order valence-electron chi connectivity index (χ4n) is 4.22. The fraction of sp³-hybridized carbons (Fsp3) is 0.455. The number of ketones is 1. The van der Waals surface area contributed by atoms with Crippen molar-refractivity contribution in [3.8, 4) is 0 Å². The van der Waals surface area contributed by atoms with E-state index in [0.29, 0.717) is 29.2 Å². The van der Waals surface area contributed by atoms with Gasteiger partial charge >= 0.3 is 0 Å². The van der Waals surface area contributed by atoms with E-state index in [1.807, 2.05) is 29.2 Å². The van der Waals surface area contributed by atoms with Gasteiger partial charge in [0.2, 0.25) is 11.1 Å². The predicted molar refractivity (Wildman–Crippen MR) is 126 cm³/mol. The molecule has 2 aliphatic rings. The van der Waals surface area contributed by atoms with Crippen molar-refractivity contribution < 1.29 is 13.9 Å². The zero-order chi connectivity index (χ0) is 23.5. The van der Waals surface area contributed by atoms with E-state index in [-0.39, 0.29) is 18.2 Å². The van der Waals surface area contributed by atoms with Gasteiger partial charge in [-0.05, 0) is 24.1 Å². The molecule has 0 amide bonds. The van der Waals surface area contributed by atoms with Gasteiger partial charge in [0, 0.05) is 31.9 Å². The van der Waals surface area contributed by atoms with Crippen LogP contribution in [0.15, 0.2) is 36.7 Å². The topological polar surface area (TPSA) is 109 Å². The Bertz CT molecular complexity index is 1130. The Labute approximate surface area is 200 Å². The van der Waals surface area contributed by atoms with Crippen LogP contribution in [0.3, 0.4) is 0 Å². The SMILES string of the molecule is CO[C@H](C(=O)Cc1nnc(N[C@@H]2CCN(c3nccnn3)C2)s1)c1cccc(N2CC(F)C2)c1. The number of anilines is 3. The molecule has 5 rings (SSSR count). The third-order valence-electron chi connectivity index (χ3n) is 5.96. The van der Waals surface area contributed by atoms with E-state index in [1.54, 1.807) is 12.4 Å². The van der Waals surface area contributed by atoms with Crippen LogP contribution in [0.2, 0.25) is 0 Å². The summed E-state index contributed by atoms with van der Waals surface area (Å²) in [7, 11) is 1.52. The quantitative estimate of drug-likeness (QED) is 0.485. The fourth-order valence-corrected chi connectivity index (χ4v) is 5.05. The predicted octanol–water partition coefficient (Wildman–Crippen LogP) is 2.07. The molecule has 2 aromatic heterocycles. The van der Waals surface area contributed by atoms with Crippen molar-refractivity contribution in [3.63, 3.8) is 0 Å². The zero-order valence-corrected chi connectivity index (χ0v) is 19.5. The van der Waals surface area contributed by atoms with Gasteiger partial charge < -0.3 is 19.9 Å². The highest BCUT2D eigenvalue weighted by atomic mass is 32.1. The molecule has 0 radical (unpaired) electrons. The second kappa shape index (κ2) is 9.94. The first-order chi connectivity index (χ1) is 16.6. The zero-order valence-electron chi connectivity index (χ0n) is 18.7. The molecule has 0 unspecified atom stereocenters. The molecule has 1 N–H and O–H groups in total. The first kappa shape index (κ1) is 22.5. The molecule has 0 bridgehead atoms. The number of hydrogen-bond acceptors (Lipinski definition) is 11. The molecule has 34 heavy (non-hydrogen) atoms. The van der Waals surface area contributed by atoms with Crippen molar-refractivity contribution in [2.45, 2.75) is 31.2 Å². The lowest BCUT2D eigenvalue weighted by atomic mass is 10.0. The van der Waals surface area contributed by atoms with Gasteiger partial charge in [-0.25, -0.2) is 9.37 Å². The summed E-state index contributed by atoms with van der Waals surface area (Å²) in [6.45, 7) is 2.32. The average molecular weight is 485 g/mol. The number of carbonyl (C=O) groups excluding carboxylic acids is 1. The normalized spacial score (nSPS) is 19.2. The first-order valence-corrected chi connectivity index (χ1v) is 11.9. The highest BCUT2D eigenvalue weighted by Crippen LogP contribution is 2.29. The van der Waals surface area contributed by atoms with Crippen molar-refractivity contribution in [2.75, 3.05) is 48.4 Å². The first-order valence-electron chi connectivity index (χ1n) is 11.1. The third kappa shape index (κ3) is 4.97. The van der Waals surface area contributed by atoms with Crippen molar-refractivity contribution in [1.82, 2.24) is 25.4 Å². The standard InChI is InChI=1S/C22H25FN8O2S/c1-33-20(14-3-2-4-17(9-14)31-11-15(23)12-31)18(32)10-19-27-29-22(34-19)26-16-5-8-30(13-16)21-24-6-7-25-28-21/h2-4,6-7,9,15-16,20H,5,8,10-13H2,1H3,(H,26,29)/t16-,20+/m1/s1. The number of halogens is 1. The second-order valence-corrected chi connectivity index (χ2v) is 9.44. The van der Waals surface area contributed by atoms with Gasteiger partial charge in [-0.15, -0.1) is 15.3 Å². The Morgan fingerprint density at radius 3 is 2.88 bits per heavy atom. The van der Waals surface area contributed by atoms with E-state index in [0.717, 1.165) is 30.8 Å². The van der Waals surface area contributed by atoms with Crippen molar-refractivity contribution >= 4 is 33.9 Å². The Morgan fingerprint density at radius 1 is 1.24 bits per heavy atom. The van der Waals surface area contributed by atoms with Crippen LogP contribution in [0.1, 0.15) is 23.1 Å². The summed E-state index contributed by atoms with van der Waals surface area (Å²) < 4.78 is 18.8. The minimum absolute atomic E-state index is 0.102. The van der Waals surface area contributed by atoms with Crippen LogP contribution in [0.25, 0.3) is 0 Å². The number of methoxy groups -OCH3 is 1. The molecule has 1 aromatic carbocycles. The number of carbonyl (C=O) groups is 1. The summed E-state index contributed by atoms with van der Waals surface area (Å²) in [6.07, 6.45) is 2.71. The van der Waals surface area contributed by atoms with E-state index in [9.17, 15) is 9.18 Å². The van der Waals surface area contributed by atoms with Gasteiger partial charge in [-0.2, -0.15) is 5.10 Å². The molecule has 2 fully saturated rings. The smallest absolute Gasteiger partial charge is 0.245 e. The number of alkyl halides is 1. The summed E-state index contributed by atoms with van der Waals surface area (Å²) in [5, 5.41) is 21.0. The van der Waals surface area contributed by atoms with Crippen molar-refractivity contribution in [2.24, 2.45) is 0 Å². The lowest BCUT2D eigenvalue weighted by molar-refractivity contribution is -0.128. The summed E-state index contributed by atoms with van der Waals surface area (Å²) in [4.78, 5) is 21.3. The summed E-state index contributed by atoms with van der Waals surface area (Å²) in [5.74, 6) is 0.513. The lowest BCUT2D eigenvalue weighted by Crippen LogP contribution is -2.48. The Kier molecular flexibility index (Phi) is 6.59. The van der Waals surface area contributed by atoms with E-state index >= 15 is 0 Å². The number of hydrogen-bond donors (Lipinski definition) is 1. The lowest BCUT2D eigenvalue weighted by Gasteiger charge is -2.36. The highest BCUT2D eigenvalue weighted by Gasteiger charge is 2.29. The largest absolute Gasteiger partial charge is 0.369 e. The number of aromatic nitrogens is 5. The molecule has 2 saturated heterocycles. The molecule has 10 nitrogen and oxygen atoms in total. The molecule has 0 aliphatic carbocycles. The molecule has 178 valence electrons. The maximum atomic E-state index is 13.2. The Hall–Kier alpha value is -3.25. The third-order valence-corrected chi connectivity index (χ3v) is 6.82. The average Bonchev–Trinajstić information content (AvgIpc) is 3.48.